The molecule has 1 aliphatic rings. The Morgan fingerprint density at radius 1 is 1.32 bits per heavy atom. The van der Waals surface area contributed by atoms with E-state index in [9.17, 15) is 9.59 Å². The molecule has 2 aromatic rings. The Labute approximate surface area is 157 Å². The van der Waals surface area contributed by atoms with Gasteiger partial charge in [-0.2, -0.15) is 0 Å². The Kier molecular flexibility index (Phi) is 6.09. The molecule has 0 radical (unpaired) electrons. The van der Waals surface area contributed by atoms with Gasteiger partial charge in [0.25, 0.3) is 5.22 Å². The molecule has 2 heterocycles. The molecule has 1 aromatic carbocycles. The SMILES string of the molecule is O=C(CSc1nnc(-c2ccc(Br)cc2)o1)N[C@@H]1CCCCNC1=O. The molecule has 1 fully saturated rings. The summed E-state index contributed by atoms with van der Waals surface area (Å²) >= 11 is 4.52. The summed E-state index contributed by atoms with van der Waals surface area (Å²) in [4.78, 5) is 23.9. The second kappa shape index (κ2) is 8.48. The molecule has 9 heteroatoms. The number of rotatable bonds is 5. The lowest BCUT2D eigenvalue weighted by Crippen LogP contribution is -2.46. The molecule has 0 bridgehead atoms. The van der Waals surface area contributed by atoms with Gasteiger partial charge >= 0.3 is 0 Å². The van der Waals surface area contributed by atoms with Crippen LogP contribution in [-0.4, -0.2) is 40.4 Å². The van der Waals surface area contributed by atoms with E-state index in [0.717, 1.165) is 34.6 Å². The fourth-order valence-corrected chi connectivity index (χ4v) is 3.26. The number of halogens is 1. The van der Waals surface area contributed by atoms with Crippen molar-refractivity contribution >= 4 is 39.5 Å². The number of amides is 2. The van der Waals surface area contributed by atoms with Crippen molar-refractivity contribution in [3.63, 3.8) is 0 Å². The second-order valence-corrected chi connectivity index (χ2v) is 7.42. The monoisotopic (exact) mass is 424 g/mol. The van der Waals surface area contributed by atoms with Gasteiger partial charge in [0.05, 0.1) is 5.75 Å². The standard InChI is InChI=1S/C16H17BrN4O3S/c17-11-6-4-10(5-7-11)15-20-21-16(24-15)25-9-13(22)19-12-3-1-2-8-18-14(12)23/h4-7,12H,1-3,8-9H2,(H,18,23)(H,19,22)/t12-/m1/s1. The van der Waals surface area contributed by atoms with E-state index >= 15 is 0 Å². The van der Waals surface area contributed by atoms with E-state index in [1.807, 2.05) is 24.3 Å². The van der Waals surface area contributed by atoms with Gasteiger partial charge in [0, 0.05) is 16.6 Å². The summed E-state index contributed by atoms with van der Waals surface area (Å²) < 4.78 is 6.52. The molecule has 0 spiro atoms. The molecule has 1 saturated heterocycles. The van der Waals surface area contributed by atoms with E-state index in [1.165, 1.54) is 0 Å². The lowest BCUT2D eigenvalue weighted by molar-refractivity contribution is -0.127. The molecule has 1 aromatic heterocycles. The third-order valence-electron chi connectivity index (χ3n) is 3.69. The third kappa shape index (κ3) is 5.05. The molecule has 2 amide bonds. The van der Waals surface area contributed by atoms with Crippen LogP contribution in [-0.2, 0) is 9.59 Å². The van der Waals surface area contributed by atoms with Crippen LogP contribution in [0.1, 0.15) is 19.3 Å². The van der Waals surface area contributed by atoms with Crippen LogP contribution in [0.5, 0.6) is 0 Å². The predicted octanol–water partition coefficient (Wildman–Crippen LogP) is 2.38. The molecule has 7 nitrogen and oxygen atoms in total. The summed E-state index contributed by atoms with van der Waals surface area (Å²) in [5.74, 6) is 0.173. The van der Waals surface area contributed by atoms with Gasteiger partial charge in [-0.3, -0.25) is 9.59 Å². The topological polar surface area (TPSA) is 97.1 Å². The molecule has 3 rings (SSSR count). The highest BCUT2D eigenvalue weighted by atomic mass is 79.9. The normalized spacial score (nSPS) is 17.6. The van der Waals surface area contributed by atoms with E-state index < -0.39 is 6.04 Å². The average molecular weight is 425 g/mol. The van der Waals surface area contributed by atoms with Crippen LogP contribution in [0.15, 0.2) is 38.4 Å². The van der Waals surface area contributed by atoms with Crippen molar-refractivity contribution in [2.45, 2.75) is 30.5 Å². The van der Waals surface area contributed by atoms with Crippen molar-refractivity contribution in [1.29, 1.82) is 0 Å². The Morgan fingerprint density at radius 2 is 2.12 bits per heavy atom. The maximum atomic E-state index is 12.0. The minimum absolute atomic E-state index is 0.117. The Morgan fingerprint density at radius 3 is 2.92 bits per heavy atom. The van der Waals surface area contributed by atoms with Gasteiger partial charge in [-0.05, 0) is 43.5 Å². The number of nitrogens with one attached hydrogen (secondary N) is 2. The quantitative estimate of drug-likeness (QED) is 0.715. The second-order valence-electron chi connectivity index (χ2n) is 5.58. The highest BCUT2D eigenvalue weighted by Gasteiger charge is 2.22. The van der Waals surface area contributed by atoms with E-state index in [0.29, 0.717) is 24.1 Å². The first-order chi connectivity index (χ1) is 12.1. The minimum atomic E-state index is -0.461. The van der Waals surface area contributed by atoms with E-state index in [2.05, 4.69) is 36.8 Å². The molecule has 132 valence electrons. The van der Waals surface area contributed by atoms with Gasteiger partial charge in [-0.25, -0.2) is 0 Å². The van der Waals surface area contributed by atoms with E-state index in [1.54, 1.807) is 0 Å². The van der Waals surface area contributed by atoms with Gasteiger partial charge in [0.2, 0.25) is 17.7 Å². The Bertz CT molecular complexity index is 750. The van der Waals surface area contributed by atoms with Crippen LogP contribution in [0.2, 0.25) is 0 Å². The van der Waals surface area contributed by atoms with Crippen LogP contribution in [0.3, 0.4) is 0 Å². The number of thioether (sulfide) groups is 1. The molecule has 25 heavy (non-hydrogen) atoms. The molecule has 1 atom stereocenters. The molecular weight excluding hydrogens is 408 g/mol. The van der Waals surface area contributed by atoms with Gasteiger partial charge in [0.15, 0.2) is 0 Å². The maximum Gasteiger partial charge on any atom is 0.277 e. The summed E-state index contributed by atoms with van der Waals surface area (Å²) in [5, 5.41) is 13.8. The zero-order valence-corrected chi connectivity index (χ0v) is 15.7. The number of hydrogen-bond donors (Lipinski definition) is 2. The molecular formula is C16H17BrN4O3S. The van der Waals surface area contributed by atoms with Gasteiger partial charge in [-0.1, -0.05) is 27.7 Å². The van der Waals surface area contributed by atoms with Crippen molar-refractivity contribution in [3.8, 4) is 11.5 Å². The summed E-state index contributed by atoms with van der Waals surface area (Å²) in [6, 6.07) is 7.04. The molecule has 1 aliphatic heterocycles. The third-order valence-corrected chi connectivity index (χ3v) is 5.04. The number of carbonyl (C=O) groups excluding carboxylic acids is 2. The summed E-state index contributed by atoms with van der Waals surface area (Å²) in [7, 11) is 0. The Balaban J connectivity index is 1.52. The van der Waals surface area contributed by atoms with Crippen molar-refractivity contribution in [1.82, 2.24) is 20.8 Å². The van der Waals surface area contributed by atoms with Crippen LogP contribution >= 0.6 is 27.7 Å². The fraction of sp³-hybridized carbons (Fsp3) is 0.375. The van der Waals surface area contributed by atoms with Crippen molar-refractivity contribution in [2.24, 2.45) is 0 Å². The summed E-state index contributed by atoms with van der Waals surface area (Å²) in [6.45, 7) is 0.667. The largest absolute Gasteiger partial charge is 0.411 e. The van der Waals surface area contributed by atoms with E-state index in [-0.39, 0.29) is 17.6 Å². The summed E-state index contributed by atoms with van der Waals surface area (Å²) in [5.41, 5.74) is 0.808. The van der Waals surface area contributed by atoms with Gasteiger partial charge in [-0.15, -0.1) is 10.2 Å². The van der Waals surface area contributed by atoms with E-state index in [4.69, 9.17) is 4.42 Å². The van der Waals surface area contributed by atoms with Crippen LogP contribution in [0.25, 0.3) is 11.5 Å². The smallest absolute Gasteiger partial charge is 0.277 e. The highest BCUT2D eigenvalue weighted by Crippen LogP contribution is 2.24. The van der Waals surface area contributed by atoms with Crippen molar-refractivity contribution in [3.05, 3.63) is 28.7 Å². The van der Waals surface area contributed by atoms with Crippen LogP contribution < -0.4 is 10.6 Å². The molecule has 2 N–H and O–H groups in total. The highest BCUT2D eigenvalue weighted by molar-refractivity contribution is 9.10. The number of aromatic nitrogens is 2. The maximum absolute atomic E-state index is 12.0. The van der Waals surface area contributed by atoms with Crippen molar-refractivity contribution in [2.75, 3.05) is 12.3 Å². The average Bonchev–Trinajstić information content (AvgIpc) is 2.99. The molecule has 0 saturated carbocycles. The number of hydrogen-bond acceptors (Lipinski definition) is 6. The first-order valence-electron chi connectivity index (χ1n) is 7.91. The Hall–Kier alpha value is -1.87. The first-order valence-corrected chi connectivity index (χ1v) is 9.69. The minimum Gasteiger partial charge on any atom is -0.411 e. The zero-order chi connectivity index (χ0) is 17.6. The number of benzene rings is 1. The first kappa shape index (κ1) is 17.9. The molecule has 0 unspecified atom stereocenters. The van der Waals surface area contributed by atoms with Crippen molar-refractivity contribution < 1.29 is 14.0 Å². The van der Waals surface area contributed by atoms with Gasteiger partial charge in [0.1, 0.15) is 6.04 Å². The van der Waals surface area contributed by atoms with Crippen LogP contribution in [0, 0.1) is 0 Å². The van der Waals surface area contributed by atoms with Crippen LogP contribution in [0.4, 0.5) is 0 Å². The summed E-state index contributed by atoms with van der Waals surface area (Å²) in [6.07, 6.45) is 2.52. The lowest BCUT2D eigenvalue weighted by atomic mass is 10.1. The van der Waals surface area contributed by atoms with Gasteiger partial charge < -0.3 is 15.1 Å². The zero-order valence-electron chi connectivity index (χ0n) is 13.3. The lowest BCUT2D eigenvalue weighted by Gasteiger charge is -2.14. The number of nitrogens with zero attached hydrogens (tertiary/aromatic N) is 2. The molecule has 0 aliphatic carbocycles. The number of carbonyl (C=O) groups is 2. The predicted molar refractivity (Wildman–Crippen MR) is 96.9 cm³/mol. The fourth-order valence-electron chi connectivity index (χ4n) is 2.42.